The number of rotatable bonds is 7. The number of carboxylic acids is 1. The van der Waals surface area contributed by atoms with Crippen molar-refractivity contribution in [1.82, 2.24) is 0 Å². The zero-order chi connectivity index (χ0) is 20.7. The Morgan fingerprint density at radius 3 is 2.29 bits per heavy atom. The molecule has 0 bridgehead atoms. The molecule has 0 amide bonds. The molecular weight excluding hydrogens is 360 g/mol. The average molecular weight is 380 g/mol. The highest BCUT2D eigenvalue weighted by Gasteiger charge is 2.29. The van der Waals surface area contributed by atoms with Crippen molar-refractivity contribution < 1.29 is 29.0 Å². The van der Waals surface area contributed by atoms with Crippen LogP contribution in [-0.2, 0) is 19.1 Å². The lowest BCUT2D eigenvalue weighted by Gasteiger charge is -2.20. The molecule has 1 N–H and O–H groups in total. The van der Waals surface area contributed by atoms with Crippen LogP contribution in [0.4, 0.5) is 0 Å². The highest BCUT2D eigenvalue weighted by Crippen LogP contribution is 2.25. The molecule has 6 heteroatoms. The number of ether oxygens (including phenoxy) is 1. The third kappa shape index (κ3) is 5.48. The summed E-state index contributed by atoms with van der Waals surface area (Å²) in [6.07, 6.45) is 10.3. The minimum Gasteiger partial charge on any atom is -0.478 e. The number of methoxy groups -OCH3 is 1. The molecule has 28 heavy (non-hydrogen) atoms. The van der Waals surface area contributed by atoms with E-state index in [1.54, 1.807) is 43.4 Å². The molecule has 0 saturated heterocycles. The van der Waals surface area contributed by atoms with Crippen LogP contribution < -0.4 is 0 Å². The van der Waals surface area contributed by atoms with Crippen LogP contribution in [0.2, 0.25) is 0 Å². The number of carbonyl (C=O) groups excluding carboxylic acids is 3. The molecule has 1 aliphatic carbocycles. The smallest absolute Gasteiger partial charge is 0.330 e. The molecule has 0 fully saturated rings. The van der Waals surface area contributed by atoms with E-state index in [-0.39, 0.29) is 11.5 Å². The zero-order valence-electron chi connectivity index (χ0n) is 15.5. The summed E-state index contributed by atoms with van der Waals surface area (Å²) >= 11 is 0. The van der Waals surface area contributed by atoms with Crippen molar-refractivity contribution in [3.8, 4) is 0 Å². The first-order valence-corrected chi connectivity index (χ1v) is 8.57. The van der Waals surface area contributed by atoms with E-state index in [0.717, 1.165) is 6.08 Å². The van der Waals surface area contributed by atoms with E-state index in [2.05, 4.69) is 4.74 Å². The number of hydrogen-bond donors (Lipinski definition) is 1. The van der Waals surface area contributed by atoms with E-state index in [1.807, 2.05) is 0 Å². The van der Waals surface area contributed by atoms with Crippen LogP contribution in [0, 0.1) is 11.8 Å². The van der Waals surface area contributed by atoms with Gasteiger partial charge in [0.1, 0.15) is 0 Å². The van der Waals surface area contributed by atoms with E-state index < -0.39 is 29.4 Å². The second kappa shape index (κ2) is 9.41. The van der Waals surface area contributed by atoms with Gasteiger partial charge in [-0.05, 0) is 29.2 Å². The number of esters is 1. The lowest BCUT2D eigenvalue weighted by Crippen LogP contribution is -2.28. The maximum Gasteiger partial charge on any atom is 0.330 e. The van der Waals surface area contributed by atoms with Crippen LogP contribution in [0.15, 0.2) is 66.3 Å². The molecule has 0 heterocycles. The van der Waals surface area contributed by atoms with Crippen LogP contribution in [-0.4, -0.2) is 35.7 Å². The number of allylic oxidation sites excluding steroid dienone is 5. The van der Waals surface area contributed by atoms with E-state index in [0.29, 0.717) is 11.1 Å². The lowest BCUT2D eigenvalue weighted by molar-refractivity contribution is -0.135. The van der Waals surface area contributed by atoms with Crippen LogP contribution in [0.3, 0.4) is 0 Å². The minimum atomic E-state index is -1.06. The molecule has 0 spiro atoms. The Labute approximate surface area is 162 Å². The van der Waals surface area contributed by atoms with Crippen molar-refractivity contribution in [2.75, 3.05) is 7.11 Å². The Hall–Kier alpha value is -3.54. The van der Waals surface area contributed by atoms with Gasteiger partial charge in [-0.25, -0.2) is 9.59 Å². The number of carboxylic acid groups (broad SMARTS) is 1. The first kappa shape index (κ1) is 20.8. The predicted molar refractivity (Wildman–Crippen MR) is 103 cm³/mol. The second-order valence-corrected chi connectivity index (χ2v) is 6.25. The quantitative estimate of drug-likeness (QED) is 0.338. The van der Waals surface area contributed by atoms with Crippen LogP contribution in [0.25, 0.3) is 6.08 Å². The largest absolute Gasteiger partial charge is 0.478 e. The van der Waals surface area contributed by atoms with Gasteiger partial charge in [0.25, 0.3) is 0 Å². The molecular formula is C22H20O6. The van der Waals surface area contributed by atoms with E-state index in [4.69, 9.17) is 5.11 Å². The molecule has 144 valence electrons. The van der Waals surface area contributed by atoms with Crippen LogP contribution >= 0.6 is 0 Å². The SMILES string of the molecule is COC(=O)/C=C/c1ccc(C(=O)C(=O)C2C=CC(/C=C/C(=O)O)=CC2C)cc1. The van der Waals surface area contributed by atoms with Crippen molar-refractivity contribution in [2.45, 2.75) is 6.92 Å². The van der Waals surface area contributed by atoms with Crippen molar-refractivity contribution >= 4 is 29.6 Å². The first-order chi connectivity index (χ1) is 13.3. The zero-order valence-corrected chi connectivity index (χ0v) is 15.5. The van der Waals surface area contributed by atoms with Gasteiger partial charge in [0.05, 0.1) is 13.0 Å². The Kier molecular flexibility index (Phi) is 6.98. The molecule has 0 aromatic heterocycles. The number of carbonyl (C=O) groups is 4. The number of aliphatic carboxylic acids is 1. The van der Waals surface area contributed by atoms with Crippen molar-refractivity contribution in [3.63, 3.8) is 0 Å². The summed E-state index contributed by atoms with van der Waals surface area (Å²) < 4.78 is 4.51. The number of hydrogen-bond acceptors (Lipinski definition) is 5. The third-order valence-corrected chi connectivity index (χ3v) is 4.25. The van der Waals surface area contributed by atoms with Gasteiger partial charge >= 0.3 is 11.9 Å². The first-order valence-electron chi connectivity index (χ1n) is 8.57. The summed E-state index contributed by atoms with van der Waals surface area (Å²) in [5.74, 6) is -3.51. The maximum atomic E-state index is 12.6. The summed E-state index contributed by atoms with van der Waals surface area (Å²) in [5, 5.41) is 8.68. The maximum absolute atomic E-state index is 12.6. The summed E-state index contributed by atoms with van der Waals surface area (Å²) in [5.41, 5.74) is 1.63. The fraction of sp³-hybridized carbons (Fsp3) is 0.182. The summed E-state index contributed by atoms with van der Waals surface area (Å²) in [6, 6.07) is 6.33. The third-order valence-electron chi connectivity index (χ3n) is 4.25. The molecule has 2 rings (SSSR count). The van der Waals surface area contributed by atoms with Gasteiger partial charge in [-0.1, -0.05) is 49.4 Å². The Balaban J connectivity index is 2.08. The molecule has 1 aromatic rings. The highest BCUT2D eigenvalue weighted by atomic mass is 16.5. The standard InChI is InChI=1S/C22H20O6/c1-14-13-16(6-11-19(23)24)5-10-18(14)22(27)21(26)17-8-3-15(4-9-17)7-12-20(25)28-2/h3-14,18H,1-2H3,(H,23,24)/b11-6+,12-7+. The topological polar surface area (TPSA) is 97.7 Å². The van der Waals surface area contributed by atoms with E-state index >= 15 is 0 Å². The van der Waals surface area contributed by atoms with Gasteiger partial charge in [0, 0.05) is 17.7 Å². The second-order valence-electron chi connectivity index (χ2n) is 6.25. The molecule has 6 nitrogen and oxygen atoms in total. The van der Waals surface area contributed by atoms with Crippen molar-refractivity contribution in [3.05, 3.63) is 77.4 Å². The van der Waals surface area contributed by atoms with Gasteiger partial charge < -0.3 is 9.84 Å². The fourth-order valence-corrected chi connectivity index (χ4v) is 2.73. The van der Waals surface area contributed by atoms with Gasteiger partial charge in [-0.3, -0.25) is 9.59 Å². The molecule has 0 aliphatic heterocycles. The van der Waals surface area contributed by atoms with E-state index in [1.165, 1.54) is 31.4 Å². The molecule has 0 radical (unpaired) electrons. The monoisotopic (exact) mass is 380 g/mol. The van der Waals surface area contributed by atoms with Gasteiger partial charge in [-0.15, -0.1) is 0 Å². The highest BCUT2D eigenvalue weighted by molar-refractivity contribution is 6.44. The number of Topliss-reactive ketones (excluding diaryl/α,β-unsaturated/α-hetero) is 2. The molecule has 1 aliphatic rings. The van der Waals surface area contributed by atoms with Crippen LogP contribution in [0.1, 0.15) is 22.8 Å². The molecule has 0 saturated carbocycles. The lowest BCUT2D eigenvalue weighted by atomic mass is 9.82. The molecule has 1 aromatic carbocycles. The fourth-order valence-electron chi connectivity index (χ4n) is 2.73. The average Bonchev–Trinajstić information content (AvgIpc) is 2.69. The number of benzene rings is 1. The van der Waals surface area contributed by atoms with E-state index in [9.17, 15) is 19.2 Å². The molecule has 2 atom stereocenters. The summed E-state index contributed by atoms with van der Waals surface area (Å²) in [7, 11) is 1.28. The van der Waals surface area contributed by atoms with Crippen molar-refractivity contribution in [1.29, 1.82) is 0 Å². The summed E-state index contributed by atoms with van der Waals surface area (Å²) in [4.78, 5) is 46.8. The van der Waals surface area contributed by atoms with Crippen molar-refractivity contribution in [2.24, 2.45) is 11.8 Å². The molecule has 2 unspecified atom stereocenters. The van der Waals surface area contributed by atoms with Gasteiger partial charge in [0.2, 0.25) is 11.6 Å². The van der Waals surface area contributed by atoms with Crippen LogP contribution in [0.5, 0.6) is 0 Å². The normalized spacial score (nSPS) is 18.9. The number of ketones is 2. The predicted octanol–water partition coefficient (Wildman–Crippen LogP) is 3.01. The Morgan fingerprint density at radius 2 is 1.71 bits per heavy atom. The van der Waals surface area contributed by atoms with Gasteiger partial charge in [-0.2, -0.15) is 0 Å². The summed E-state index contributed by atoms with van der Waals surface area (Å²) in [6.45, 7) is 1.80. The minimum absolute atomic E-state index is 0.239. The Morgan fingerprint density at radius 1 is 1.04 bits per heavy atom. The Bertz CT molecular complexity index is 899. The van der Waals surface area contributed by atoms with Gasteiger partial charge in [0.15, 0.2) is 0 Å².